The van der Waals surface area contributed by atoms with Crippen molar-refractivity contribution in [3.05, 3.63) is 83.9 Å². The van der Waals surface area contributed by atoms with Crippen molar-refractivity contribution in [3.8, 4) is 17.2 Å². The van der Waals surface area contributed by atoms with E-state index >= 15 is 0 Å². The molecule has 0 aliphatic carbocycles. The third-order valence-corrected chi connectivity index (χ3v) is 6.90. The lowest BCUT2D eigenvalue weighted by Crippen LogP contribution is -2.48. The van der Waals surface area contributed by atoms with Gasteiger partial charge in [0, 0.05) is 12.6 Å². The Kier molecular flexibility index (Phi) is 9.11. The minimum atomic E-state index is -4.03. The predicted octanol–water partition coefficient (Wildman–Crippen LogP) is 2.96. The molecule has 1 atom stereocenters. The summed E-state index contributed by atoms with van der Waals surface area (Å²) in [6.45, 7) is 0.356. The van der Waals surface area contributed by atoms with Crippen LogP contribution in [0.25, 0.3) is 0 Å². The molecule has 0 fully saturated rings. The third-order valence-electron chi connectivity index (χ3n) is 5.43. The van der Waals surface area contributed by atoms with E-state index in [1.54, 1.807) is 7.11 Å². The molecule has 2 N–H and O–H groups in total. The Morgan fingerprint density at radius 1 is 0.829 bits per heavy atom. The summed E-state index contributed by atoms with van der Waals surface area (Å²) in [5.74, 6) is 1.03. The highest BCUT2D eigenvalue weighted by Gasteiger charge is 2.27. The number of hydrogen-bond acceptors (Lipinski definition) is 6. The molecule has 1 amide bonds. The van der Waals surface area contributed by atoms with E-state index in [-0.39, 0.29) is 17.1 Å². The second-order valence-electron chi connectivity index (χ2n) is 7.77. The molecule has 3 aromatic carbocycles. The monoisotopic (exact) mass is 498 g/mol. The lowest BCUT2D eigenvalue weighted by Gasteiger charge is -2.19. The van der Waals surface area contributed by atoms with E-state index in [4.69, 9.17) is 14.2 Å². The summed E-state index contributed by atoms with van der Waals surface area (Å²) < 4.78 is 44.5. The van der Waals surface area contributed by atoms with E-state index in [1.165, 1.54) is 32.4 Å². The van der Waals surface area contributed by atoms with E-state index in [0.717, 1.165) is 16.9 Å². The molecule has 8 nitrogen and oxygen atoms in total. The molecular formula is C26H30N2O6S. The van der Waals surface area contributed by atoms with E-state index < -0.39 is 22.0 Å². The first-order valence-electron chi connectivity index (χ1n) is 11.0. The molecule has 9 heteroatoms. The van der Waals surface area contributed by atoms with Crippen LogP contribution in [0.5, 0.6) is 17.2 Å². The number of ether oxygens (including phenoxy) is 3. The van der Waals surface area contributed by atoms with Gasteiger partial charge in [-0.15, -0.1) is 0 Å². The van der Waals surface area contributed by atoms with E-state index in [9.17, 15) is 13.2 Å². The summed E-state index contributed by atoms with van der Waals surface area (Å²) >= 11 is 0. The molecule has 0 saturated carbocycles. The molecule has 0 radical (unpaired) electrons. The molecule has 0 spiro atoms. The summed E-state index contributed by atoms with van der Waals surface area (Å²) in [6.07, 6.45) is 0.790. The third kappa shape index (κ3) is 7.21. The van der Waals surface area contributed by atoms with Crippen LogP contribution >= 0.6 is 0 Å². The van der Waals surface area contributed by atoms with Gasteiger partial charge in [-0.25, -0.2) is 8.42 Å². The first-order valence-corrected chi connectivity index (χ1v) is 12.5. The maximum absolute atomic E-state index is 13.2. The van der Waals surface area contributed by atoms with Gasteiger partial charge in [0.1, 0.15) is 11.8 Å². The maximum Gasteiger partial charge on any atom is 0.241 e. The zero-order chi connectivity index (χ0) is 25.3. The lowest BCUT2D eigenvalue weighted by molar-refractivity contribution is -0.122. The van der Waals surface area contributed by atoms with Crippen LogP contribution in [0, 0.1) is 0 Å². The van der Waals surface area contributed by atoms with Crippen molar-refractivity contribution in [1.29, 1.82) is 0 Å². The first-order chi connectivity index (χ1) is 16.9. The highest BCUT2D eigenvalue weighted by atomic mass is 32.2. The minimum Gasteiger partial charge on any atom is -0.497 e. The molecule has 0 aromatic heterocycles. The topological polar surface area (TPSA) is 103 Å². The Morgan fingerprint density at radius 2 is 1.51 bits per heavy atom. The molecule has 0 saturated heterocycles. The van der Waals surface area contributed by atoms with Crippen molar-refractivity contribution < 1.29 is 27.4 Å². The van der Waals surface area contributed by atoms with Crippen molar-refractivity contribution in [2.45, 2.75) is 23.8 Å². The first kappa shape index (κ1) is 26.1. The number of hydrogen-bond donors (Lipinski definition) is 2. The number of carbonyl (C=O) groups is 1. The number of rotatable bonds is 12. The van der Waals surface area contributed by atoms with Crippen LogP contribution in [0.15, 0.2) is 77.7 Å². The van der Waals surface area contributed by atoms with Gasteiger partial charge in [-0.3, -0.25) is 4.79 Å². The minimum absolute atomic E-state index is 0.0285. The fourth-order valence-corrected chi connectivity index (χ4v) is 4.73. The van der Waals surface area contributed by atoms with E-state index in [1.807, 2.05) is 54.6 Å². The van der Waals surface area contributed by atoms with Gasteiger partial charge < -0.3 is 19.5 Å². The SMILES string of the molecule is COc1ccc(CCNC(=O)C(Cc2ccccc2)NS(=O)(=O)c2ccc(OC)c(OC)c2)cc1. The van der Waals surface area contributed by atoms with Crippen LogP contribution in [-0.4, -0.2) is 48.2 Å². The quantitative estimate of drug-likeness (QED) is 0.398. The molecule has 186 valence electrons. The standard InChI is InChI=1S/C26H30N2O6S/c1-32-21-11-9-19(10-12-21)15-16-27-26(29)23(17-20-7-5-4-6-8-20)28-35(30,31)22-13-14-24(33-2)25(18-22)34-3/h4-14,18,23,28H,15-17H2,1-3H3,(H,27,29). The summed E-state index contributed by atoms with van der Waals surface area (Å²) in [4.78, 5) is 13.0. The van der Waals surface area contributed by atoms with Gasteiger partial charge in [0.25, 0.3) is 0 Å². The van der Waals surface area contributed by atoms with Crippen LogP contribution in [-0.2, 0) is 27.7 Å². The Morgan fingerprint density at radius 3 is 2.14 bits per heavy atom. The molecule has 0 aliphatic heterocycles. The number of sulfonamides is 1. The van der Waals surface area contributed by atoms with Gasteiger partial charge in [-0.05, 0) is 48.2 Å². The van der Waals surface area contributed by atoms with Crippen LogP contribution in [0.4, 0.5) is 0 Å². The molecule has 35 heavy (non-hydrogen) atoms. The van der Waals surface area contributed by atoms with Gasteiger partial charge in [-0.1, -0.05) is 42.5 Å². The number of nitrogens with one attached hydrogen (secondary N) is 2. The normalized spacial score (nSPS) is 12.0. The second-order valence-corrected chi connectivity index (χ2v) is 9.48. The van der Waals surface area contributed by atoms with Crippen LogP contribution in [0.1, 0.15) is 11.1 Å². The molecule has 0 heterocycles. The number of benzene rings is 3. The van der Waals surface area contributed by atoms with E-state index in [0.29, 0.717) is 18.7 Å². The van der Waals surface area contributed by atoms with Crippen molar-refractivity contribution in [1.82, 2.24) is 10.0 Å². The molecule has 1 unspecified atom stereocenters. The Labute approximate surface area is 206 Å². The van der Waals surface area contributed by atoms with E-state index in [2.05, 4.69) is 10.0 Å². The van der Waals surface area contributed by atoms with Crippen LogP contribution < -0.4 is 24.2 Å². The molecule has 0 aliphatic rings. The van der Waals surface area contributed by atoms with Crippen molar-refractivity contribution >= 4 is 15.9 Å². The fraction of sp³-hybridized carbons (Fsp3) is 0.269. The molecule has 3 aromatic rings. The fourth-order valence-electron chi connectivity index (χ4n) is 3.52. The average Bonchev–Trinajstić information content (AvgIpc) is 2.88. The highest BCUT2D eigenvalue weighted by Crippen LogP contribution is 2.29. The number of amides is 1. The Hall–Kier alpha value is -3.56. The largest absolute Gasteiger partial charge is 0.497 e. The second kappa shape index (κ2) is 12.2. The van der Waals surface area contributed by atoms with Gasteiger partial charge in [0.05, 0.1) is 26.2 Å². The average molecular weight is 499 g/mol. The lowest BCUT2D eigenvalue weighted by atomic mass is 10.1. The predicted molar refractivity (Wildman–Crippen MR) is 134 cm³/mol. The molecular weight excluding hydrogens is 468 g/mol. The van der Waals surface area contributed by atoms with Crippen LogP contribution in [0.2, 0.25) is 0 Å². The van der Waals surface area contributed by atoms with Crippen LogP contribution in [0.3, 0.4) is 0 Å². The Bertz CT molecular complexity index is 1210. The maximum atomic E-state index is 13.2. The summed E-state index contributed by atoms with van der Waals surface area (Å²) in [6, 6.07) is 20.1. The summed E-state index contributed by atoms with van der Waals surface area (Å²) in [5, 5.41) is 2.85. The number of methoxy groups -OCH3 is 3. The van der Waals surface area contributed by atoms with Crippen molar-refractivity contribution in [2.24, 2.45) is 0 Å². The van der Waals surface area contributed by atoms with Gasteiger partial charge in [0.2, 0.25) is 15.9 Å². The molecule has 3 rings (SSSR count). The zero-order valence-electron chi connectivity index (χ0n) is 20.0. The van der Waals surface area contributed by atoms with Gasteiger partial charge >= 0.3 is 0 Å². The van der Waals surface area contributed by atoms with Crippen molar-refractivity contribution in [2.75, 3.05) is 27.9 Å². The summed E-state index contributed by atoms with van der Waals surface area (Å²) in [7, 11) is 0.470. The Balaban J connectivity index is 1.75. The highest BCUT2D eigenvalue weighted by molar-refractivity contribution is 7.89. The van der Waals surface area contributed by atoms with Gasteiger partial charge in [-0.2, -0.15) is 4.72 Å². The molecule has 0 bridgehead atoms. The zero-order valence-corrected chi connectivity index (χ0v) is 20.8. The number of carbonyl (C=O) groups excluding carboxylic acids is 1. The van der Waals surface area contributed by atoms with Gasteiger partial charge in [0.15, 0.2) is 11.5 Å². The smallest absolute Gasteiger partial charge is 0.241 e. The summed E-state index contributed by atoms with van der Waals surface area (Å²) in [5.41, 5.74) is 1.86. The van der Waals surface area contributed by atoms with Crippen molar-refractivity contribution in [3.63, 3.8) is 0 Å².